The van der Waals surface area contributed by atoms with Crippen molar-refractivity contribution in [1.29, 1.82) is 0 Å². The van der Waals surface area contributed by atoms with E-state index in [0.29, 0.717) is 24.2 Å². The fraction of sp³-hybridized carbons (Fsp3) is 0.727. The van der Waals surface area contributed by atoms with Crippen LogP contribution in [0.5, 0.6) is 5.88 Å². The number of fused-ring (bicyclic) bond motifs is 1. The van der Waals surface area contributed by atoms with Crippen LogP contribution >= 0.6 is 19.3 Å². The Hall–Kier alpha value is -2.02. The Labute approximate surface area is 220 Å². The zero-order chi connectivity index (χ0) is 26.8. The van der Waals surface area contributed by atoms with Crippen molar-refractivity contribution in [2.45, 2.75) is 76.1 Å². The molecule has 4 N–H and O–H groups in total. The van der Waals surface area contributed by atoms with Gasteiger partial charge in [0, 0.05) is 6.04 Å². The number of carbonyl (C=O) groups excluding carboxylic acids is 1. The van der Waals surface area contributed by atoms with Crippen LogP contribution in [0, 0.1) is 5.92 Å². The van der Waals surface area contributed by atoms with Gasteiger partial charge in [-0.05, 0) is 40.0 Å². The molecule has 2 aromatic rings. The minimum atomic E-state index is -4.21. The minimum absolute atomic E-state index is 0.0159. The maximum absolute atomic E-state index is 12.6. The zero-order valence-corrected chi connectivity index (χ0v) is 22.8. The van der Waals surface area contributed by atoms with E-state index in [9.17, 15) is 14.3 Å². The van der Waals surface area contributed by atoms with Crippen molar-refractivity contribution in [2.75, 3.05) is 25.6 Å². The molecule has 1 saturated heterocycles. The maximum atomic E-state index is 12.6. The number of anilines is 1. The number of ether oxygens (including phenoxy) is 3. The number of nitrogen functional groups attached to an aromatic ring is 1. The predicted molar refractivity (Wildman–Crippen MR) is 135 cm³/mol. The number of nitrogens with one attached hydrogen (secondary N) is 1. The minimum Gasteiger partial charge on any atom is -0.476 e. The summed E-state index contributed by atoms with van der Waals surface area (Å²) in [5, 5.41) is 2.50. The third-order valence-electron chi connectivity index (χ3n) is 6.39. The van der Waals surface area contributed by atoms with Crippen molar-refractivity contribution in [3.8, 4) is 5.88 Å². The van der Waals surface area contributed by atoms with Gasteiger partial charge in [0.15, 0.2) is 17.4 Å². The molecule has 15 heteroatoms. The second-order valence-electron chi connectivity index (χ2n) is 9.69. The van der Waals surface area contributed by atoms with Crippen LogP contribution < -0.4 is 15.6 Å². The Kier molecular flexibility index (Phi) is 8.61. The Morgan fingerprint density at radius 1 is 1.43 bits per heavy atom. The molecular weight excluding hydrogens is 527 g/mol. The molecule has 2 fully saturated rings. The van der Waals surface area contributed by atoms with Crippen molar-refractivity contribution in [1.82, 2.24) is 24.6 Å². The summed E-state index contributed by atoms with van der Waals surface area (Å²) < 4.78 is 36.4. The number of aromatic nitrogens is 4. The Morgan fingerprint density at radius 2 is 2.16 bits per heavy atom. The van der Waals surface area contributed by atoms with Gasteiger partial charge in [-0.25, -0.2) is 14.6 Å². The Balaban J connectivity index is 1.34. The van der Waals surface area contributed by atoms with Crippen LogP contribution in [0.15, 0.2) is 6.33 Å². The van der Waals surface area contributed by atoms with Crippen LogP contribution in [0.4, 0.5) is 5.95 Å². The van der Waals surface area contributed by atoms with Gasteiger partial charge < -0.3 is 24.8 Å². The summed E-state index contributed by atoms with van der Waals surface area (Å²) >= 11 is 6.79. The van der Waals surface area contributed by atoms with Crippen molar-refractivity contribution >= 4 is 42.4 Å². The number of hydrogen-bond acceptors (Lipinski definition) is 10. The molecule has 0 spiro atoms. The average Bonchev–Trinajstić information content (AvgIpc) is 3.55. The molecule has 1 saturated carbocycles. The lowest BCUT2D eigenvalue weighted by Gasteiger charge is -2.24. The number of esters is 1. The van der Waals surface area contributed by atoms with E-state index in [0.717, 1.165) is 25.7 Å². The van der Waals surface area contributed by atoms with Crippen molar-refractivity contribution in [3.63, 3.8) is 0 Å². The summed E-state index contributed by atoms with van der Waals surface area (Å²) in [5.74, 6) is -0.0718. The van der Waals surface area contributed by atoms with Gasteiger partial charge in [-0.3, -0.25) is 13.9 Å². The highest BCUT2D eigenvalue weighted by molar-refractivity contribution is 7.50. The maximum Gasteiger partial charge on any atom is 0.403 e. The molecule has 37 heavy (non-hydrogen) atoms. The van der Waals surface area contributed by atoms with Crippen LogP contribution in [0.1, 0.15) is 59.1 Å². The monoisotopic (exact) mass is 560 g/mol. The van der Waals surface area contributed by atoms with E-state index < -0.39 is 31.0 Å². The summed E-state index contributed by atoms with van der Waals surface area (Å²) in [6, 6.07) is -0.585. The number of alkyl halides is 1. The number of rotatable bonds is 11. The normalized spacial score (nSPS) is 26.8. The summed E-state index contributed by atoms with van der Waals surface area (Å²) in [5.41, 5.74) is 6.66. The first kappa shape index (κ1) is 28.0. The lowest BCUT2D eigenvalue weighted by atomic mass is 10.1. The Bertz CT molecular complexity index is 1160. The van der Waals surface area contributed by atoms with E-state index in [2.05, 4.69) is 20.0 Å². The highest BCUT2D eigenvalue weighted by Gasteiger charge is 2.46. The topological polar surface area (TPSA) is 173 Å². The first-order valence-electron chi connectivity index (χ1n) is 12.4. The zero-order valence-electron chi connectivity index (χ0n) is 21.1. The van der Waals surface area contributed by atoms with Crippen LogP contribution in [0.3, 0.4) is 0 Å². The van der Waals surface area contributed by atoms with E-state index >= 15 is 0 Å². The van der Waals surface area contributed by atoms with Crippen LogP contribution in [0.25, 0.3) is 11.2 Å². The smallest absolute Gasteiger partial charge is 0.403 e. The summed E-state index contributed by atoms with van der Waals surface area (Å²) in [6.45, 7) is 5.40. The number of nitrogens with zero attached hydrogens (tertiary/aromatic N) is 4. The van der Waals surface area contributed by atoms with Gasteiger partial charge >= 0.3 is 13.7 Å². The second-order valence-corrected chi connectivity index (χ2v) is 12.1. The van der Waals surface area contributed by atoms with E-state index in [1.54, 1.807) is 18.4 Å². The standard InChI is InChI=1S/C22H34ClN6O7P/c1-4-33-18-16-17(26-21(24)27-18)29(12-25-16)20-22(3,23)9-15(36-20)11-35-37(31,32)28-13(2)10-34-19(30)14-7-5-6-8-14/h12-15,20H,4-11H2,1-3H3,(H2,24,26,27)(H2,28,31,32)/t13?,15-,20+,22+/m0/s1. The van der Waals surface area contributed by atoms with E-state index in [1.807, 2.05) is 6.92 Å². The number of hydrogen-bond donors (Lipinski definition) is 3. The van der Waals surface area contributed by atoms with Gasteiger partial charge in [0.05, 0.1) is 36.4 Å². The first-order chi connectivity index (χ1) is 17.5. The Morgan fingerprint density at radius 3 is 2.86 bits per heavy atom. The largest absolute Gasteiger partial charge is 0.476 e. The SMILES string of the molecule is CCOc1nc(N)nc2c1ncn2[C@@H]1O[C@H](COP(=O)(O)NC(C)COC(=O)C2CCCC2)C[C@@]1(C)Cl. The number of nitrogens with two attached hydrogens (primary N) is 1. The molecular formula is C22H34ClN6O7P. The molecule has 1 aliphatic carbocycles. The average molecular weight is 561 g/mol. The van der Waals surface area contributed by atoms with Gasteiger partial charge in [-0.1, -0.05) is 12.8 Å². The molecule has 1 aliphatic heterocycles. The summed E-state index contributed by atoms with van der Waals surface area (Å²) in [7, 11) is -4.21. The van der Waals surface area contributed by atoms with Gasteiger partial charge in [0.1, 0.15) is 6.61 Å². The van der Waals surface area contributed by atoms with E-state index in [-0.39, 0.29) is 36.9 Å². The van der Waals surface area contributed by atoms with Crippen LogP contribution in [-0.4, -0.2) is 67.2 Å². The van der Waals surface area contributed by atoms with Crippen molar-refractivity contribution < 1.29 is 33.0 Å². The molecule has 0 amide bonds. The van der Waals surface area contributed by atoms with Gasteiger partial charge in [0.25, 0.3) is 0 Å². The molecule has 4 rings (SSSR count). The molecule has 5 atom stereocenters. The number of halogens is 1. The molecule has 0 bridgehead atoms. The molecule has 2 unspecified atom stereocenters. The highest BCUT2D eigenvalue weighted by atomic mass is 35.5. The lowest BCUT2D eigenvalue weighted by molar-refractivity contribution is -0.148. The fourth-order valence-corrected chi connectivity index (χ4v) is 6.11. The first-order valence-corrected chi connectivity index (χ1v) is 14.3. The molecule has 2 aromatic heterocycles. The lowest BCUT2D eigenvalue weighted by Crippen LogP contribution is -2.31. The second kappa shape index (κ2) is 11.4. The molecule has 206 valence electrons. The number of carbonyl (C=O) groups is 1. The third kappa shape index (κ3) is 6.71. The number of imidazole rings is 1. The molecule has 0 radical (unpaired) electrons. The van der Waals surface area contributed by atoms with Gasteiger partial charge in [0.2, 0.25) is 11.8 Å². The van der Waals surface area contributed by atoms with E-state index in [1.165, 1.54) is 6.33 Å². The molecule has 3 heterocycles. The molecule has 13 nitrogen and oxygen atoms in total. The fourth-order valence-electron chi connectivity index (χ4n) is 4.71. The van der Waals surface area contributed by atoms with Crippen LogP contribution in [0.2, 0.25) is 0 Å². The highest BCUT2D eigenvalue weighted by Crippen LogP contribution is 2.46. The van der Waals surface area contributed by atoms with Crippen molar-refractivity contribution in [2.24, 2.45) is 5.92 Å². The summed E-state index contributed by atoms with van der Waals surface area (Å²) in [4.78, 5) is 34.2. The predicted octanol–water partition coefficient (Wildman–Crippen LogP) is 2.92. The van der Waals surface area contributed by atoms with Crippen LogP contribution in [-0.2, 0) is 23.4 Å². The summed E-state index contributed by atoms with van der Waals surface area (Å²) in [6.07, 6.45) is 4.23. The molecule has 0 aromatic carbocycles. The van der Waals surface area contributed by atoms with Gasteiger partial charge in [-0.2, -0.15) is 9.97 Å². The van der Waals surface area contributed by atoms with Crippen molar-refractivity contribution in [3.05, 3.63) is 6.33 Å². The van der Waals surface area contributed by atoms with E-state index in [4.69, 9.17) is 36.1 Å². The molecule has 2 aliphatic rings. The van der Waals surface area contributed by atoms with Gasteiger partial charge in [-0.15, -0.1) is 11.6 Å². The third-order valence-corrected chi connectivity index (χ3v) is 7.99. The quantitative estimate of drug-likeness (QED) is 0.208.